The maximum Gasteiger partial charge on any atom is 0.414 e. The smallest absolute Gasteiger partial charge is 0.414 e. The molecule has 2 aliphatic rings. The highest BCUT2D eigenvalue weighted by atomic mass is 16.5. The number of carbonyl (C=O) groups excluding carboxylic acids is 2. The number of likely N-dealkylation sites (tertiary alicyclic amines) is 2. The average molecular weight is 829 g/mol. The predicted octanol–water partition coefficient (Wildman–Crippen LogP) is 0.150. The van der Waals surface area contributed by atoms with Gasteiger partial charge in [0.15, 0.2) is 34.6 Å². The number of aliphatic hydroxyl groups excluding tert-OH is 2. The standard InChI is InChI=1S/2C15H21NO4.3C2H2O4/c2*1-4-16-8-12(18)15(9-16)20-13-6-5-11(10(2)17)7-14(13)19-3;3*3-1(4)2(5)6/h2*5-7,12,15,18H,4,8-9H2,1-3H3;3*(H,3,4)(H,5,6)/t2*12-,15-;;;/m11.../s1. The van der Waals surface area contributed by atoms with Gasteiger partial charge in [-0.15, -0.1) is 0 Å². The molecule has 2 heterocycles. The van der Waals surface area contributed by atoms with Gasteiger partial charge in [0.05, 0.1) is 14.2 Å². The number of rotatable bonds is 10. The third-order valence-corrected chi connectivity index (χ3v) is 7.77. The summed E-state index contributed by atoms with van der Waals surface area (Å²) in [6.07, 6.45) is -1.56. The molecular formula is C36H48N2O20. The number of carboxylic acid groups (broad SMARTS) is 6. The minimum absolute atomic E-state index is 0.0205. The van der Waals surface area contributed by atoms with Gasteiger partial charge < -0.3 is 59.8 Å². The van der Waals surface area contributed by atoms with Crippen LogP contribution in [0.1, 0.15) is 48.4 Å². The Kier molecular flexibility index (Phi) is 22.9. The number of β-amino-alcohol motifs (C(OH)–C–C–N with tert-alkyl or cyclic N) is 2. The number of ketones is 2. The summed E-state index contributed by atoms with van der Waals surface area (Å²) in [6, 6.07) is 10.2. The molecule has 0 amide bonds. The lowest BCUT2D eigenvalue weighted by Crippen LogP contribution is -2.30. The van der Waals surface area contributed by atoms with E-state index in [2.05, 4.69) is 23.6 Å². The van der Waals surface area contributed by atoms with E-state index in [1.165, 1.54) is 28.1 Å². The normalized spacial score (nSPS) is 18.0. The lowest BCUT2D eigenvalue weighted by atomic mass is 10.1. The number of ether oxygens (including phenoxy) is 4. The third kappa shape index (κ3) is 18.5. The number of carbonyl (C=O) groups is 8. The van der Waals surface area contributed by atoms with E-state index >= 15 is 0 Å². The number of nitrogens with zero attached hydrogens (tertiary/aromatic N) is 2. The van der Waals surface area contributed by atoms with Crippen molar-refractivity contribution in [2.75, 3.05) is 53.5 Å². The Morgan fingerprint density at radius 2 is 0.793 bits per heavy atom. The molecule has 2 saturated heterocycles. The zero-order valence-electron chi connectivity index (χ0n) is 32.4. The summed E-state index contributed by atoms with van der Waals surface area (Å²) >= 11 is 0. The summed E-state index contributed by atoms with van der Waals surface area (Å²) in [6.45, 7) is 11.5. The van der Waals surface area contributed by atoms with Crippen LogP contribution in [0.3, 0.4) is 0 Å². The molecule has 2 aromatic rings. The van der Waals surface area contributed by atoms with Crippen LogP contribution in [0.2, 0.25) is 0 Å². The van der Waals surface area contributed by atoms with E-state index < -0.39 is 48.0 Å². The molecule has 2 aliphatic heterocycles. The molecule has 22 nitrogen and oxygen atoms in total. The van der Waals surface area contributed by atoms with E-state index in [-0.39, 0.29) is 23.8 Å². The fourth-order valence-electron chi connectivity index (χ4n) is 4.71. The highest BCUT2D eigenvalue weighted by Crippen LogP contribution is 2.32. The summed E-state index contributed by atoms with van der Waals surface area (Å²) in [7, 11) is 3.07. The molecule has 0 aromatic heterocycles. The minimum atomic E-state index is -1.82. The van der Waals surface area contributed by atoms with Gasteiger partial charge in [0.1, 0.15) is 24.4 Å². The van der Waals surface area contributed by atoms with Crippen LogP contribution in [-0.4, -0.2) is 176 Å². The van der Waals surface area contributed by atoms with E-state index in [1.807, 2.05) is 0 Å². The van der Waals surface area contributed by atoms with Gasteiger partial charge >= 0.3 is 35.8 Å². The van der Waals surface area contributed by atoms with Gasteiger partial charge in [0.25, 0.3) is 0 Å². The van der Waals surface area contributed by atoms with Crippen LogP contribution in [0.4, 0.5) is 0 Å². The van der Waals surface area contributed by atoms with Gasteiger partial charge in [-0.25, -0.2) is 28.8 Å². The van der Waals surface area contributed by atoms with Crippen molar-refractivity contribution in [2.24, 2.45) is 0 Å². The molecule has 4 atom stereocenters. The van der Waals surface area contributed by atoms with Crippen molar-refractivity contribution < 1.29 is 98.2 Å². The number of hydrogen-bond acceptors (Lipinski definition) is 16. The molecule has 2 aromatic carbocycles. The second kappa shape index (κ2) is 25.7. The van der Waals surface area contributed by atoms with E-state index in [1.54, 1.807) is 36.4 Å². The van der Waals surface area contributed by atoms with Gasteiger partial charge in [0.2, 0.25) is 0 Å². The number of carboxylic acids is 6. The number of methoxy groups -OCH3 is 2. The van der Waals surface area contributed by atoms with Crippen LogP contribution in [0.5, 0.6) is 23.0 Å². The molecule has 4 rings (SSSR count). The topological polar surface area (TPSA) is 342 Å². The van der Waals surface area contributed by atoms with E-state index in [0.717, 1.165) is 13.1 Å². The van der Waals surface area contributed by atoms with E-state index in [4.69, 9.17) is 78.4 Å². The molecule has 2 fully saturated rings. The zero-order valence-corrected chi connectivity index (χ0v) is 32.4. The highest BCUT2D eigenvalue weighted by Gasteiger charge is 2.33. The van der Waals surface area contributed by atoms with Crippen molar-refractivity contribution in [1.82, 2.24) is 9.80 Å². The monoisotopic (exact) mass is 828 g/mol. The number of Topliss-reactive ketones (excluding diaryl/α,β-unsaturated/α-hetero) is 2. The first kappa shape index (κ1) is 51.6. The van der Waals surface area contributed by atoms with E-state index in [9.17, 15) is 19.8 Å². The number of hydrogen-bond donors (Lipinski definition) is 8. The summed E-state index contributed by atoms with van der Waals surface area (Å²) in [5.74, 6) is -8.85. The molecule has 58 heavy (non-hydrogen) atoms. The number of benzene rings is 2. The lowest BCUT2D eigenvalue weighted by Gasteiger charge is -2.19. The second-order valence-corrected chi connectivity index (χ2v) is 11.8. The van der Waals surface area contributed by atoms with Crippen LogP contribution in [0, 0.1) is 0 Å². The quantitative estimate of drug-likeness (QED) is 0.117. The minimum Gasteiger partial charge on any atom is -0.493 e. The Bertz CT molecular complexity index is 1560. The van der Waals surface area contributed by atoms with Gasteiger partial charge in [-0.2, -0.15) is 0 Å². The maximum absolute atomic E-state index is 11.4. The van der Waals surface area contributed by atoms with Crippen LogP contribution in [0.25, 0.3) is 0 Å². The van der Waals surface area contributed by atoms with Crippen molar-refractivity contribution in [1.29, 1.82) is 0 Å². The Balaban J connectivity index is 0.000000794. The Morgan fingerprint density at radius 1 is 0.517 bits per heavy atom. The molecule has 0 spiro atoms. The maximum atomic E-state index is 11.4. The van der Waals surface area contributed by atoms with Gasteiger partial charge in [-0.1, -0.05) is 13.8 Å². The lowest BCUT2D eigenvalue weighted by molar-refractivity contribution is -0.159. The second-order valence-electron chi connectivity index (χ2n) is 11.8. The van der Waals surface area contributed by atoms with E-state index in [0.29, 0.717) is 60.3 Å². The fourth-order valence-corrected chi connectivity index (χ4v) is 4.71. The third-order valence-electron chi connectivity index (χ3n) is 7.77. The van der Waals surface area contributed by atoms with Crippen LogP contribution < -0.4 is 18.9 Å². The van der Waals surface area contributed by atoms with Crippen molar-refractivity contribution in [3.05, 3.63) is 47.5 Å². The predicted molar refractivity (Wildman–Crippen MR) is 197 cm³/mol. The van der Waals surface area contributed by atoms with Crippen LogP contribution in [-0.2, 0) is 28.8 Å². The Morgan fingerprint density at radius 3 is 0.983 bits per heavy atom. The van der Waals surface area contributed by atoms with Crippen molar-refractivity contribution in [2.45, 2.75) is 52.1 Å². The SMILES string of the molecule is CCN1C[C@@H](O)[C@H](Oc2ccc(C(C)=O)cc2OC)C1.CCN1C[C@@H](O)[C@H](Oc2ccc(C(C)=O)cc2OC)C1.O=C(O)C(=O)O.O=C(O)C(=O)O.O=C(O)C(=O)O. The molecule has 0 radical (unpaired) electrons. The molecule has 0 bridgehead atoms. The molecule has 22 heteroatoms. The first-order valence-corrected chi connectivity index (χ1v) is 16.9. The summed E-state index contributed by atoms with van der Waals surface area (Å²) in [5, 5.41) is 64.3. The van der Waals surface area contributed by atoms with Crippen molar-refractivity contribution in [3.8, 4) is 23.0 Å². The summed E-state index contributed by atoms with van der Waals surface area (Å²) in [4.78, 5) is 81.6. The first-order chi connectivity index (χ1) is 27.0. The van der Waals surface area contributed by atoms with Crippen LogP contribution in [0.15, 0.2) is 36.4 Å². The van der Waals surface area contributed by atoms with Crippen LogP contribution >= 0.6 is 0 Å². The summed E-state index contributed by atoms with van der Waals surface area (Å²) in [5.41, 5.74) is 1.16. The molecule has 0 unspecified atom stereocenters. The molecule has 0 saturated carbocycles. The molecule has 322 valence electrons. The van der Waals surface area contributed by atoms with Crippen molar-refractivity contribution in [3.63, 3.8) is 0 Å². The zero-order chi connectivity index (χ0) is 44.9. The molecule has 0 aliphatic carbocycles. The van der Waals surface area contributed by atoms with Gasteiger partial charge in [-0.3, -0.25) is 19.4 Å². The number of aliphatic carboxylic acids is 6. The summed E-state index contributed by atoms with van der Waals surface area (Å²) < 4.78 is 22.2. The highest BCUT2D eigenvalue weighted by molar-refractivity contribution is 6.28. The average Bonchev–Trinajstić information content (AvgIpc) is 3.72. The Hall–Kier alpha value is -6.36. The Labute approximate surface area is 331 Å². The molecular weight excluding hydrogens is 780 g/mol. The molecule has 8 N–H and O–H groups in total. The fraction of sp³-hybridized carbons (Fsp3) is 0.444. The number of aliphatic hydroxyl groups is 2. The number of likely N-dealkylation sites (N-methyl/N-ethyl adjacent to an activating group) is 2. The van der Waals surface area contributed by atoms with Gasteiger partial charge in [-0.05, 0) is 63.3 Å². The largest absolute Gasteiger partial charge is 0.493 e. The van der Waals surface area contributed by atoms with Crippen molar-refractivity contribution >= 4 is 47.4 Å². The van der Waals surface area contributed by atoms with Gasteiger partial charge in [0, 0.05) is 37.3 Å². The first-order valence-electron chi connectivity index (χ1n) is 16.9.